The fourth-order valence-corrected chi connectivity index (χ4v) is 1.71. The van der Waals surface area contributed by atoms with Gasteiger partial charge in [0, 0.05) is 7.05 Å². The molecule has 0 bridgehead atoms. The highest BCUT2D eigenvalue weighted by atomic mass is 19.4. The molecule has 0 radical (unpaired) electrons. The maximum absolute atomic E-state index is 11.9. The predicted molar refractivity (Wildman–Crippen MR) is 57.7 cm³/mol. The first-order valence-corrected chi connectivity index (χ1v) is 5.61. The van der Waals surface area contributed by atoms with Crippen LogP contribution < -0.4 is 10.6 Å². The molecule has 0 aromatic rings. The van der Waals surface area contributed by atoms with Gasteiger partial charge in [-0.05, 0) is 19.4 Å². The number of hydrogen-bond acceptors (Lipinski definition) is 3. The van der Waals surface area contributed by atoms with E-state index in [0.29, 0.717) is 6.42 Å². The van der Waals surface area contributed by atoms with Crippen LogP contribution in [0.2, 0.25) is 0 Å². The number of rotatable bonds is 4. The number of halogens is 3. The van der Waals surface area contributed by atoms with Gasteiger partial charge in [-0.3, -0.25) is 9.59 Å². The molecule has 1 fully saturated rings. The van der Waals surface area contributed by atoms with Crippen LogP contribution in [-0.4, -0.2) is 55.6 Å². The Morgan fingerprint density at radius 3 is 2.61 bits per heavy atom. The molecule has 1 rings (SSSR count). The Labute approximate surface area is 103 Å². The van der Waals surface area contributed by atoms with Gasteiger partial charge in [-0.1, -0.05) is 0 Å². The molecule has 0 aromatic carbocycles. The minimum Gasteiger partial charge on any atom is -0.345 e. The highest BCUT2D eigenvalue weighted by Crippen LogP contribution is 2.12. The molecule has 1 aliphatic rings. The number of carbonyl (C=O) groups is 2. The van der Waals surface area contributed by atoms with Crippen LogP contribution in [0.5, 0.6) is 0 Å². The molecule has 2 N–H and O–H groups in total. The molecule has 0 spiro atoms. The Kier molecular flexibility index (Phi) is 4.94. The molecule has 5 nitrogen and oxygen atoms in total. The highest BCUT2D eigenvalue weighted by molar-refractivity contribution is 5.87. The van der Waals surface area contributed by atoms with Gasteiger partial charge in [0.15, 0.2) is 0 Å². The Morgan fingerprint density at radius 1 is 1.44 bits per heavy atom. The van der Waals surface area contributed by atoms with Gasteiger partial charge < -0.3 is 15.5 Å². The largest absolute Gasteiger partial charge is 0.405 e. The van der Waals surface area contributed by atoms with Crippen LogP contribution >= 0.6 is 0 Å². The number of hydrogen-bond donors (Lipinski definition) is 2. The Balaban J connectivity index is 2.32. The van der Waals surface area contributed by atoms with E-state index in [4.69, 9.17) is 0 Å². The van der Waals surface area contributed by atoms with Crippen molar-refractivity contribution in [1.29, 1.82) is 0 Å². The van der Waals surface area contributed by atoms with Gasteiger partial charge in [-0.2, -0.15) is 13.2 Å². The first-order chi connectivity index (χ1) is 8.29. The molecular weight excluding hydrogens is 251 g/mol. The van der Waals surface area contributed by atoms with Gasteiger partial charge in [0.25, 0.3) is 0 Å². The monoisotopic (exact) mass is 267 g/mol. The Bertz CT molecular complexity index is 314. The third-order valence-electron chi connectivity index (χ3n) is 2.60. The molecule has 18 heavy (non-hydrogen) atoms. The molecular formula is C10H16F3N3O2. The lowest BCUT2D eigenvalue weighted by molar-refractivity contribution is -0.142. The summed E-state index contributed by atoms with van der Waals surface area (Å²) in [5.74, 6) is -1.09. The summed E-state index contributed by atoms with van der Waals surface area (Å²) >= 11 is 0. The van der Waals surface area contributed by atoms with Crippen molar-refractivity contribution in [3.05, 3.63) is 0 Å². The van der Waals surface area contributed by atoms with Gasteiger partial charge in [0.1, 0.15) is 6.54 Å². The van der Waals surface area contributed by atoms with Crippen molar-refractivity contribution in [2.75, 3.05) is 26.7 Å². The van der Waals surface area contributed by atoms with Crippen molar-refractivity contribution in [3.8, 4) is 0 Å². The second-order valence-electron chi connectivity index (χ2n) is 4.24. The van der Waals surface area contributed by atoms with E-state index in [2.05, 4.69) is 5.32 Å². The third-order valence-corrected chi connectivity index (χ3v) is 2.60. The van der Waals surface area contributed by atoms with Gasteiger partial charge in [0.05, 0.1) is 12.6 Å². The lowest BCUT2D eigenvalue weighted by Gasteiger charge is -2.20. The van der Waals surface area contributed by atoms with Gasteiger partial charge >= 0.3 is 6.18 Å². The minimum absolute atomic E-state index is 0.269. The molecule has 8 heteroatoms. The summed E-state index contributed by atoms with van der Waals surface area (Å²) in [7, 11) is 1.40. The molecule has 1 atom stereocenters. The van der Waals surface area contributed by atoms with Crippen molar-refractivity contribution < 1.29 is 22.8 Å². The van der Waals surface area contributed by atoms with E-state index in [1.54, 1.807) is 5.32 Å². The summed E-state index contributed by atoms with van der Waals surface area (Å²) in [4.78, 5) is 24.1. The molecule has 1 saturated heterocycles. The van der Waals surface area contributed by atoms with E-state index in [1.807, 2.05) is 0 Å². The number of nitrogens with zero attached hydrogens (tertiary/aromatic N) is 1. The van der Waals surface area contributed by atoms with Crippen LogP contribution in [0, 0.1) is 0 Å². The number of amides is 2. The van der Waals surface area contributed by atoms with Crippen LogP contribution in [-0.2, 0) is 9.59 Å². The predicted octanol–water partition coefficient (Wildman–Crippen LogP) is -0.125. The van der Waals surface area contributed by atoms with E-state index in [-0.39, 0.29) is 18.5 Å². The van der Waals surface area contributed by atoms with Crippen LogP contribution in [0.1, 0.15) is 12.8 Å². The highest BCUT2D eigenvalue weighted by Gasteiger charge is 2.29. The van der Waals surface area contributed by atoms with Crippen molar-refractivity contribution in [3.63, 3.8) is 0 Å². The summed E-state index contributed by atoms with van der Waals surface area (Å²) in [6.07, 6.45) is -2.87. The van der Waals surface area contributed by atoms with Crippen molar-refractivity contribution >= 4 is 11.8 Å². The molecule has 0 aliphatic carbocycles. The zero-order chi connectivity index (χ0) is 13.8. The second kappa shape index (κ2) is 6.03. The maximum Gasteiger partial charge on any atom is 0.405 e. The SMILES string of the molecule is CN(CC(=O)NCC(F)(F)F)C(=O)[C@@H]1CCCN1. The summed E-state index contributed by atoms with van der Waals surface area (Å²) in [6.45, 7) is -1.01. The van der Waals surface area contributed by atoms with E-state index < -0.39 is 18.6 Å². The zero-order valence-electron chi connectivity index (χ0n) is 10.0. The van der Waals surface area contributed by atoms with Crippen molar-refractivity contribution in [2.24, 2.45) is 0 Å². The minimum atomic E-state index is -4.44. The quantitative estimate of drug-likeness (QED) is 0.746. The van der Waals surface area contributed by atoms with Crippen LogP contribution in [0.25, 0.3) is 0 Å². The first kappa shape index (κ1) is 14.7. The third kappa shape index (κ3) is 4.91. The average molecular weight is 267 g/mol. The summed E-state index contributed by atoms with van der Waals surface area (Å²) < 4.78 is 35.6. The van der Waals surface area contributed by atoms with Crippen LogP contribution in [0.4, 0.5) is 13.2 Å². The van der Waals surface area contributed by atoms with Gasteiger partial charge in [-0.15, -0.1) is 0 Å². The molecule has 0 saturated carbocycles. The number of carbonyl (C=O) groups excluding carboxylic acids is 2. The lowest BCUT2D eigenvalue weighted by atomic mass is 10.2. The summed E-state index contributed by atoms with van der Waals surface area (Å²) in [5.41, 5.74) is 0. The summed E-state index contributed by atoms with van der Waals surface area (Å²) in [6, 6.07) is -0.328. The molecule has 104 valence electrons. The first-order valence-electron chi connectivity index (χ1n) is 5.61. The lowest BCUT2D eigenvalue weighted by Crippen LogP contribution is -2.46. The average Bonchev–Trinajstić information content (AvgIpc) is 2.77. The van der Waals surface area contributed by atoms with E-state index in [0.717, 1.165) is 17.9 Å². The van der Waals surface area contributed by atoms with E-state index in [1.165, 1.54) is 7.05 Å². The Hall–Kier alpha value is -1.31. The maximum atomic E-state index is 11.9. The molecule has 1 heterocycles. The number of likely N-dealkylation sites (N-methyl/N-ethyl adjacent to an activating group) is 1. The van der Waals surface area contributed by atoms with Gasteiger partial charge in [0.2, 0.25) is 11.8 Å². The standard InChI is InChI=1S/C10H16F3N3O2/c1-16(9(18)7-3-2-4-14-7)5-8(17)15-6-10(11,12)13/h7,14H,2-6H2,1H3,(H,15,17)/t7-/m0/s1. The van der Waals surface area contributed by atoms with Crippen molar-refractivity contribution in [1.82, 2.24) is 15.5 Å². The summed E-state index contributed by atoms with van der Waals surface area (Å²) in [5, 5.41) is 4.68. The molecule has 0 aromatic heterocycles. The normalized spacial score (nSPS) is 19.7. The molecule has 0 unspecified atom stereocenters. The van der Waals surface area contributed by atoms with Crippen molar-refractivity contribution in [2.45, 2.75) is 25.1 Å². The topological polar surface area (TPSA) is 61.4 Å². The van der Waals surface area contributed by atoms with Crippen LogP contribution in [0.3, 0.4) is 0 Å². The molecule has 1 aliphatic heterocycles. The van der Waals surface area contributed by atoms with Crippen LogP contribution in [0.15, 0.2) is 0 Å². The van der Waals surface area contributed by atoms with E-state index in [9.17, 15) is 22.8 Å². The second-order valence-corrected chi connectivity index (χ2v) is 4.24. The number of alkyl halides is 3. The Morgan fingerprint density at radius 2 is 2.11 bits per heavy atom. The fraction of sp³-hybridized carbons (Fsp3) is 0.800. The zero-order valence-corrected chi connectivity index (χ0v) is 10.0. The smallest absolute Gasteiger partial charge is 0.345 e. The van der Waals surface area contributed by atoms with Gasteiger partial charge in [-0.25, -0.2) is 0 Å². The molecule has 2 amide bonds. The van der Waals surface area contributed by atoms with E-state index >= 15 is 0 Å². The number of nitrogens with one attached hydrogen (secondary N) is 2. The fourth-order valence-electron chi connectivity index (χ4n) is 1.71.